The van der Waals surface area contributed by atoms with Crippen molar-refractivity contribution in [2.45, 2.75) is 32.2 Å². The highest BCUT2D eigenvalue weighted by atomic mass is 31.2. The summed E-state index contributed by atoms with van der Waals surface area (Å²) in [4.78, 5) is 23.1. The van der Waals surface area contributed by atoms with E-state index in [0.717, 1.165) is 14.2 Å². The van der Waals surface area contributed by atoms with Gasteiger partial charge in [0.15, 0.2) is 0 Å². The number of hydroxylamine groups is 2. The van der Waals surface area contributed by atoms with Crippen LogP contribution in [0.15, 0.2) is 0 Å². The number of hydrogen-bond donors (Lipinski definition) is 0. The van der Waals surface area contributed by atoms with Crippen molar-refractivity contribution in [2.24, 2.45) is 0 Å². The van der Waals surface area contributed by atoms with Gasteiger partial charge < -0.3 is 14.0 Å². The molecular formula is C9H16NO7P. The van der Waals surface area contributed by atoms with Crippen LogP contribution in [-0.2, 0) is 28.0 Å². The van der Waals surface area contributed by atoms with E-state index in [9.17, 15) is 14.2 Å². The van der Waals surface area contributed by atoms with Crippen molar-refractivity contribution < 1.29 is 32.8 Å². The Balaban J connectivity index is 2.83. The molecule has 104 valence electrons. The summed E-state index contributed by atoms with van der Waals surface area (Å²) in [7, 11) is -1.46. The molecule has 2 unspecified atom stereocenters. The molecule has 0 N–H and O–H groups in total. The lowest BCUT2D eigenvalue weighted by Crippen LogP contribution is -2.54. The molecule has 0 radical (unpaired) electrons. The van der Waals surface area contributed by atoms with Crippen molar-refractivity contribution in [1.82, 2.24) is 5.06 Å². The molecule has 0 aliphatic carbocycles. The van der Waals surface area contributed by atoms with E-state index in [4.69, 9.17) is 9.36 Å². The Labute approximate surface area is 105 Å². The van der Waals surface area contributed by atoms with Crippen LogP contribution in [0, 0.1) is 0 Å². The zero-order chi connectivity index (χ0) is 14.1. The number of rotatable bonds is 2. The third-order valence-corrected chi connectivity index (χ3v) is 3.90. The zero-order valence-electron chi connectivity index (χ0n) is 10.8. The second-order valence-electron chi connectivity index (χ2n) is 4.51. The summed E-state index contributed by atoms with van der Waals surface area (Å²) < 4.78 is 30.6. The van der Waals surface area contributed by atoms with E-state index in [1.165, 1.54) is 0 Å². The smallest absolute Gasteiger partial charge is 0.436 e. The molecule has 1 fully saturated rings. The van der Waals surface area contributed by atoms with Gasteiger partial charge in [-0.1, -0.05) is 0 Å². The number of nitrogens with zero attached hydrogens (tertiary/aromatic N) is 1. The lowest BCUT2D eigenvalue weighted by atomic mass is 10.2. The lowest BCUT2D eigenvalue weighted by molar-refractivity contribution is -0.173. The largest absolute Gasteiger partial charge is 0.467 e. The number of ether oxygens (including phenoxy) is 2. The quantitative estimate of drug-likeness (QED) is 0.559. The van der Waals surface area contributed by atoms with Gasteiger partial charge in [0.25, 0.3) is 5.78 Å². The lowest BCUT2D eigenvalue weighted by Gasteiger charge is -2.41. The molecule has 8 nitrogen and oxygen atoms in total. The van der Waals surface area contributed by atoms with Crippen molar-refractivity contribution >= 4 is 19.7 Å². The number of esters is 1. The standard InChI is InChI=1S/C9H16NO7P/c1-9(2,3)16-8(12)10-6(7(11)14-4)18(13,15-5)17-10/h6H,1-5H3. The molecule has 0 bridgehead atoms. The van der Waals surface area contributed by atoms with E-state index in [1.807, 2.05) is 0 Å². The van der Waals surface area contributed by atoms with Crippen molar-refractivity contribution in [1.29, 1.82) is 0 Å². The highest BCUT2D eigenvalue weighted by Gasteiger charge is 2.61. The molecule has 0 aromatic carbocycles. The molecule has 1 saturated heterocycles. The van der Waals surface area contributed by atoms with Gasteiger partial charge in [-0.05, 0) is 20.8 Å². The Bertz CT molecular complexity index is 402. The molecule has 0 spiro atoms. The SMILES string of the molecule is COC(=O)C1N(C(=O)OC(C)(C)C)OP1(=O)OC. The van der Waals surface area contributed by atoms with E-state index in [-0.39, 0.29) is 0 Å². The fourth-order valence-electron chi connectivity index (χ4n) is 1.20. The normalized spacial score (nSPS) is 27.4. The van der Waals surface area contributed by atoms with E-state index in [2.05, 4.69) is 9.26 Å². The van der Waals surface area contributed by atoms with E-state index in [0.29, 0.717) is 5.06 Å². The van der Waals surface area contributed by atoms with Crippen LogP contribution in [0.2, 0.25) is 0 Å². The van der Waals surface area contributed by atoms with E-state index in [1.54, 1.807) is 20.8 Å². The second-order valence-corrected chi connectivity index (χ2v) is 6.60. The maximum absolute atomic E-state index is 11.9. The van der Waals surface area contributed by atoms with Gasteiger partial charge in [0, 0.05) is 7.11 Å². The Morgan fingerprint density at radius 1 is 1.28 bits per heavy atom. The van der Waals surface area contributed by atoms with Crippen LogP contribution in [0.25, 0.3) is 0 Å². The molecule has 1 heterocycles. The van der Waals surface area contributed by atoms with Crippen LogP contribution < -0.4 is 0 Å². The molecule has 1 amide bonds. The Kier molecular flexibility index (Phi) is 4.05. The first-order chi connectivity index (χ1) is 8.14. The van der Waals surface area contributed by atoms with Gasteiger partial charge in [0.05, 0.1) is 7.11 Å². The highest BCUT2D eigenvalue weighted by molar-refractivity contribution is 7.56. The first-order valence-electron chi connectivity index (χ1n) is 5.10. The molecule has 1 rings (SSSR count). The monoisotopic (exact) mass is 281 g/mol. The minimum absolute atomic E-state index is 0.557. The molecule has 0 aromatic rings. The van der Waals surface area contributed by atoms with Crippen LogP contribution in [0.1, 0.15) is 20.8 Å². The van der Waals surface area contributed by atoms with Gasteiger partial charge in [0.2, 0.25) is 0 Å². The summed E-state index contributed by atoms with van der Waals surface area (Å²) in [6, 6.07) is 0. The zero-order valence-corrected chi connectivity index (χ0v) is 11.7. The Morgan fingerprint density at radius 2 is 1.83 bits per heavy atom. The maximum Gasteiger partial charge on any atom is 0.436 e. The fourth-order valence-corrected chi connectivity index (χ4v) is 2.59. The van der Waals surface area contributed by atoms with Crippen molar-refractivity contribution in [3.05, 3.63) is 0 Å². The molecule has 1 aliphatic heterocycles. The summed E-state index contributed by atoms with van der Waals surface area (Å²) >= 11 is 0. The summed E-state index contributed by atoms with van der Waals surface area (Å²) in [6.45, 7) is 4.94. The van der Waals surface area contributed by atoms with Gasteiger partial charge in [-0.2, -0.15) is 4.62 Å². The Hall–Kier alpha value is -1.11. The minimum Gasteiger partial charge on any atom is -0.467 e. The number of carbonyl (C=O) groups excluding carboxylic acids is 2. The van der Waals surface area contributed by atoms with Crippen LogP contribution in [0.3, 0.4) is 0 Å². The third kappa shape index (κ3) is 2.82. The average molecular weight is 281 g/mol. The van der Waals surface area contributed by atoms with Gasteiger partial charge in [0.1, 0.15) is 5.60 Å². The molecule has 18 heavy (non-hydrogen) atoms. The summed E-state index contributed by atoms with van der Waals surface area (Å²) in [5.41, 5.74) is -0.770. The summed E-state index contributed by atoms with van der Waals surface area (Å²) in [6.07, 6.45) is -0.929. The molecular weight excluding hydrogens is 265 g/mol. The van der Waals surface area contributed by atoms with E-state index >= 15 is 0 Å². The molecule has 0 saturated carbocycles. The van der Waals surface area contributed by atoms with Crippen molar-refractivity contribution in [2.75, 3.05) is 14.2 Å². The minimum atomic E-state index is -3.68. The Morgan fingerprint density at radius 3 is 2.22 bits per heavy atom. The van der Waals surface area contributed by atoms with Gasteiger partial charge >= 0.3 is 19.7 Å². The molecule has 1 aliphatic rings. The predicted molar refractivity (Wildman–Crippen MR) is 59.6 cm³/mol. The van der Waals surface area contributed by atoms with Crippen LogP contribution in [-0.4, -0.2) is 42.7 Å². The number of carbonyl (C=O) groups is 2. The summed E-state index contributed by atoms with van der Waals surface area (Å²) in [5.74, 6) is -2.32. The van der Waals surface area contributed by atoms with E-state index < -0.39 is 31.0 Å². The number of hydrogen-bond acceptors (Lipinski definition) is 7. The van der Waals surface area contributed by atoms with Gasteiger partial charge in [-0.15, -0.1) is 5.06 Å². The first kappa shape index (κ1) is 14.9. The average Bonchev–Trinajstić information content (AvgIpc) is 2.22. The van der Waals surface area contributed by atoms with Gasteiger partial charge in [-0.25, -0.2) is 9.59 Å². The summed E-state index contributed by atoms with van der Waals surface area (Å²) in [5, 5.41) is 0.557. The molecule has 9 heteroatoms. The van der Waals surface area contributed by atoms with Crippen LogP contribution in [0.4, 0.5) is 4.79 Å². The van der Waals surface area contributed by atoms with Crippen molar-refractivity contribution in [3.8, 4) is 0 Å². The maximum atomic E-state index is 11.9. The fraction of sp³-hybridized carbons (Fsp3) is 0.778. The van der Waals surface area contributed by atoms with Gasteiger partial charge in [-0.3, -0.25) is 4.57 Å². The second kappa shape index (κ2) is 4.87. The number of methoxy groups -OCH3 is 1. The van der Waals surface area contributed by atoms with Crippen molar-refractivity contribution in [3.63, 3.8) is 0 Å². The van der Waals surface area contributed by atoms with Crippen LogP contribution >= 0.6 is 7.60 Å². The third-order valence-electron chi connectivity index (χ3n) is 1.96. The number of amides is 1. The first-order valence-corrected chi connectivity index (χ1v) is 6.71. The molecule has 0 aromatic heterocycles. The predicted octanol–water partition coefficient (Wildman–Crippen LogP) is 1.51. The highest BCUT2D eigenvalue weighted by Crippen LogP contribution is 2.63. The molecule has 2 atom stereocenters. The van der Waals surface area contributed by atoms with Crippen LogP contribution in [0.5, 0.6) is 0 Å². The topological polar surface area (TPSA) is 91.4 Å².